The molecule has 0 aliphatic rings. The number of hydrogen-bond acceptors (Lipinski definition) is 2. The molecule has 0 aliphatic heterocycles. The lowest BCUT2D eigenvalue weighted by Gasteiger charge is -2.19. The first-order valence-corrected chi connectivity index (χ1v) is 12.8. The molecule has 0 saturated carbocycles. The van der Waals surface area contributed by atoms with Crippen LogP contribution in [-0.2, 0) is 6.42 Å². The molecule has 0 bridgehead atoms. The SMILES string of the molecule is Cc1ccc2cc(-c3nccc4c3sc3c(C)c(CC(C)(C)C)ccc34)cc(C(C)C)c2c1. The summed E-state index contributed by atoms with van der Waals surface area (Å²) in [5.41, 5.74) is 8.19. The van der Waals surface area contributed by atoms with Crippen molar-refractivity contribution in [2.75, 3.05) is 0 Å². The second-order valence-corrected chi connectivity index (χ2v) is 12.1. The zero-order valence-electron chi connectivity index (χ0n) is 20.8. The lowest BCUT2D eigenvalue weighted by atomic mass is 9.86. The predicted molar refractivity (Wildman–Crippen MR) is 147 cm³/mol. The summed E-state index contributed by atoms with van der Waals surface area (Å²) in [6.07, 6.45) is 3.08. The molecular formula is C31H33NS. The highest BCUT2D eigenvalue weighted by Crippen LogP contribution is 2.42. The Kier molecular flexibility index (Phi) is 5.33. The Hall–Kier alpha value is -2.71. The standard InChI is InChI=1S/C31H33NS/c1-18(2)26-16-23(15-21-9-8-19(3)14-27(21)26)28-30-25(12-13-32-28)24-11-10-22(17-31(5,6)7)20(4)29(24)33-30/h8-16,18H,17H2,1-7H3. The zero-order chi connectivity index (χ0) is 23.5. The molecule has 0 spiro atoms. The molecule has 3 aromatic carbocycles. The maximum atomic E-state index is 4.92. The van der Waals surface area contributed by atoms with Crippen molar-refractivity contribution in [3.63, 3.8) is 0 Å². The Morgan fingerprint density at radius 3 is 2.33 bits per heavy atom. The molecule has 0 unspecified atom stereocenters. The number of rotatable bonds is 3. The van der Waals surface area contributed by atoms with E-state index in [1.54, 1.807) is 0 Å². The van der Waals surface area contributed by atoms with Crippen molar-refractivity contribution in [2.24, 2.45) is 5.41 Å². The molecule has 2 aromatic heterocycles. The van der Waals surface area contributed by atoms with E-state index in [9.17, 15) is 0 Å². The van der Waals surface area contributed by atoms with Gasteiger partial charge < -0.3 is 0 Å². The summed E-state index contributed by atoms with van der Waals surface area (Å²) in [4.78, 5) is 4.92. The Morgan fingerprint density at radius 2 is 1.61 bits per heavy atom. The lowest BCUT2D eigenvalue weighted by molar-refractivity contribution is 0.410. The van der Waals surface area contributed by atoms with Crippen molar-refractivity contribution >= 4 is 42.3 Å². The molecule has 0 amide bonds. The first kappa shape index (κ1) is 22.1. The highest BCUT2D eigenvalue weighted by molar-refractivity contribution is 7.26. The van der Waals surface area contributed by atoms with Crippen LogP contribution in [0.25, 0.3) is 42.2 Å². The lowest BCUT2D eigenvalue weighted by Crippen LogP contribution is -2.10. The Morgan fingerprint density at radius 1 is 0.848 bits per heavy atom. The second-order valence-electron chi connectivity index (χ2n) is 11.0. The normalized spacial score (nSPS) is 12.5. The van der Waals surface area contributed by atoms with E-state index >= 15 is 0 Å². The molecule has 0 radical (unpaired) electrons. The second kappa shape index (κ2) is 7.95. The summed E-state index contributed by atoms with van der Waals surface area (Å²) in [6.45, 7) is 16.0. The number of fused-ring (bicyclic) bond motifs is 4. The number of nitrogens with zero attached hydrogens (tertiary/aromatic N) is 1. The number of benzene rings is 3. The van der Waals surface area contributed by atoms with Gasteiger partial charge in [-0.25, -0.2) is 0 Å². The van der Waals surface area contributed by atoms with Gasteiger partial charge in [-0.1, -0.05) is 70.5 Å². The van der Waals surface area contributed by atoms with Gasteiger partial charge in [-0.05, 0) is 77.3 Å². The van der Waals surface area contributed by atoms with Crippen molar-refractivity contribution in [3.8, 4) is 11.3 Å². The minimum atomic E-state index is 0.276. The number of thiophene rings is 1. The summed E-state index contributed by atoms with van der Waals surface area (Å²) >= 11 is 1.91. The van der Waals surface area contributed by atoms with Gasteiger partial charge in [0, 0.05) is 27.2 Å². The van der Waals surface area contributed by atoms with E-state index in [-0.39, 0.29) is 5.41 Å². The van der Waals surface area contributed by atoms with Gasteiger partial charge in [0.25, 0.3) is 0 Å². The number of aromatic nitrogens is 1. The van der Waals surface area contributed by atoms with Crippen LogP contribution in [0, 0.1) is 19.3 Å². The van der Waals surface area contributed by atoms with E-state index in [0.29, 0.717) is 5.92 Å². The average Bonchev–Trinajstić information content (AvgIpc) is 3.13. The smallest absolute Gasteiger partial charge is 0.0880 e. The molecule has 0 atom stereocenters. The molecule has 2 heterocycles. The van der Waals surface area contributed by atoms with E-state index in [1.807, 2.05) is 17.5 Å². The maximum Gasteiger partial charge on any atom is 0.0880 e. The number of aryl methyl sites for hydroxylation is 2. The summed E-state index contributed by atoms with van der Waals surface area (Å²) in [6, 6.07) is 18.3. The van der Waals surface area contributed by atoms with Crippen LogP contribution in [0.15, 0.2) is 54.7 Å². The maximum absolute atomic E-state index is 4.92. The third-order valence-electron chi connectivity index (χ3n) is 6.67. The predicted octanol–water partition coefficient (Wildman–Crippen LogP) is 9.60. The minimum absolute atomic E-state index is 0.276. The van der Waals surface area contributed by atoms with E-state index in [2.05, 4.69) is 97.0 Å². The molecule has 0 fully saturated rings. The molecule has 33 heavy (non-hydrogen) atoms. The van der Waals surface area contributed by atoms with Gasteiger partial charge in [0.1, 0.15) is 0 Å². The molecule has 0 aliphatic carbocycles. The van der Waals surface area contributed by atoms with E-state index in [1.165, 1.54) is 58.8 Å². The molecule has 5 rings (SSSR count). The number of pyridine rings is 1. The van der Waals surface area contributed by atoms with Crippen LogP contribution in [0.2, 0.25) is 0 Å². The van der Waals surface area contributed by atoms with Crippen LogP contribution in [0.4, 0.5) is 0 Å². The first-order valence-electron chi connectivity index (χ1n) is 12.0. The van der Waals surface area contributed by atoms with Crippen LogP contribution in [0.5, 0.6) is 0 Å². The van der Waals surface area contributed by atoms with Gasteiger partial charge in [0.05, 0.1) is 10.4 Å². The summed E-state index contributed by atoms with van der Waals surface area (Å²) in [5.74, 6) is 0.457. The highest BCUT2D eigenvalue weighted by Gasteiger charge is 2.18. The zero-order valence-corrected chi connectivity index (χ0v) is 21.7. The molecular weight excluding hydrogens is 418 g/mol. The van der Waals surface area contributed by atoms with Gasteiger partial charge in [-0.2, -0.15) is 0 Å². The molecule has 0 saturated heterocycles. The third-order valence-corrected chi connectivity index (χ3v) is 8.02. The van der Waals surface area contributed by atoms with Crippen LogP contribution >= 0.6 is 11.3 Å². The highest BCUT2D eigenvalue weighted by atomic mass is 32.1. The van der Waals surface area contributed by atoms with Crippen LogP contribution in [0.1, 0.15) is 62.8 Å². The molecule has 2 heteroatoms. The van der Waals surface area contributed by atoms with Crippen molar-refractivity contribution in [1.82, 2.24) is 4.98 Å². The Balaban J connectivity index is 1.76. The first-order chi connectivity index (χ1) is 15.6. The van der Waals surface area contributed by atoms with Crippen LogP contribution < -0.4 is 0 Å². The van der Waals surface area contributed by atoms with Crippen molar-refractivity contribution in [2.45, 2.75) is 60.8 Å². The van der Waals surface area contributed by atoms with Gasteiger partial charge in [-0.3, -0.25) is 4.98 Å². The average molecular weight is 452 g/mol. The largest absolute Gasteiger partial charge is 0.255 e. The molecule has 0 N–H and O–H groups in total. The molecule has 5 aromatic rings. The minimum Gasteiger partial charge on any atom is -0.255 e. The summed E-state index contributed by atoms with van der Waals surface area (Å²) in [5, 5.41) is 5.33. The van der Waals surface area contributed by atoms with Crippen molar-refractivity contribution in [3.05, 3.63) is 77.0 Å². The quantitative estimate of drug-likeness (QED) is 0.266. The van der Waals surface area contributed by atoms with Gasteiger partial charge in [-0.15, -0.1) is 11.3 Å². The Bertz CT molecular complexity index is 1510. The summed E-state index contributed by atoms with van der Waals surface area (Å²) < 4.78 is 2.70. The summed E-state index contributed by atoms with van der Waals surface area (Å²) in [7, 11) is 0. The molecule has 168 valence electrons. The van der Waals surface area contributed by atoms with Crippen molar-refractivity contribution < 1.29 is 0 Å². The van der Waals surface area contributed by atoms with Gasteiger partial charge >= 0.3 is 0 Å². The Labute approximate surface area is 201 Å². The van der Waals surface area contributed by atoms with Gasteiger partial charge in [0.2, 0.25) is 0 Å². The van der Waals surface area contributed by atoms with E-state index < -0.39 is 0 Å². The van der Waals surface area contributed by atoms with Crippen molar-refractivity contribution in [1.29, 1.82) is 0 Å². The van der Waals surface area contributed by atoms with Crippen LogP contribution in [0.3, 0.4) is 0 Å². The van der Waals surface area contributed by atoms with E-state index in [0.717, 1.165) is 12.1 Å². The third kappa shape index (κ3) is 3.95. The monoisotopic (exact) mass is 451 g/mol. The molecule has 1 nitrogen and oxygen atoms in total. The fourth-order valence-corrected chi connectivity index (χ4v) is 6.36. The topological polar surface area (TPSA) is 12.9 Å². The van der Waals surface area contributed by atoms with Gasteiger partial charge in [0.15, 0.2) is 0 Å². The fourth-order valence-electron chi connectivity index (χ4n) is 5.03. The number of hydrogen-bond donors (Lipinski definition) is 0. The fraction of sp³-hybridized carbons (Fsp3) is 0.323. The van der Waals surface area contributed by atoms with E-state index in [4.69, 9.17) is 4.98 Å². The van der Waals surface area contributed by atoms with Crippen LogP contribution in [-0.4, -0.2) is 4.98 Å².